The number of hydrogen-bond donors (Lipinski definition) is 0. The summed E-state index contributed by atoms with van der Waals surface area (Å²) < 4.78 is 27.3. The van der Waals surface area contributed by atoms with E-state index in [2.05, 4.69) is 39.6 Å². The van der Waals surface area contributed by atoms with Crippen molar-refractivity contribution in [3.8, 4) is 17.0 Å². The van der Waals surface area contributed by atoms with Crippen molar-refractivity contribution in [2.24, 2.45) is 5.41 Å². The van der Waals surface area contributed by atoms with Crippen molar-refractivity contribution in [1.82, 2.24) is 9.55 Å². The fourth-order valence-corrected chi connectivity index (χ4v) is 4.19. The monoisotopic (exact) mass is 538 g/mol. The highest BCUT2D eigenvalue weighted by atomic mass is 35.5. The number of pyridine rings is 1. The molecule has 0 fully saturated rings. The molecule has 0 saturated carbocycles. The van der Waals surface area contributed by atoms with E-state index in [1.807, 2.05) is 18.2 Å². The van der Waals surface area contributed by atoms with Crippen LogP contribution in [0.15, 0.2) is 54.7 Å². The highest BCUT2D eigenvalue weighted by Gasteiger charge is 2.28. The number of halogens is 2. The number of aromatic nitrogens is 2. The van der Waals surface area contributed by atoms with Gasteiger partial charge in [0.25, 0.3) is 0 Å². The SMILES string of the molecule is CC(C)(C)C.CCOC(=O)c1c(-c2cc(Cl)cnc2OC)c2cc(CC)ccc2n1Cc1ccccc1F. The summed E-state index contributed by atoms with van der Waals surface area (Å²) >= 11 is 6.29. The summed E-state index contributed by atoms with van der Waals surface area (Å²) in [6, 6.07) is 14.2. The molecule has 0 radical (unpaired) electrons. The van der Waals surface area contributed by atoms with Crippen LogP contribution in [0.4, 0.5) is 4.39 Å². The normalized spacial score (nSPS) is 11.2. The Kier molecular flexibility index (Phi) is 9.55. The molecule has 4 rings (SSSR count). The number of aryl methyl sites for hydroxylation is 1. The Morgan fingerprint density at radius 2 is 1.76 bits per heavy atom. The number of carbonyl (C=O) groups is 1. The first-order valence-electron chi connectivity index (χ1n) is 12.7. The fourth-order valence-electron chi connectivity index (χ4n) is 4.04. The second-order valence-corrected chi connectivity index (χ2v) is 11.0. The Labute approximate surface area is 229 Å². The molecule has 0 aliphatic carbocycles. The van der Waals surface area contributed by atoms with E-state index < -0.39 is 5.97 Å². The third kappa shape index (κ3) is 6.93. The standard InChI is InChI=1S/C26H24ClFN2O3.C5H12/c1-4-16-10-11-22-19(12-16)23(20-13-18(27)14-29-25(20)32-3)24(26(31)33-5-2)30(22)15-17-8-6-7-9-21(17)28;1-5(2,3)4/h6-14H,4-5,15H2,1-3H3;1-4H3. The van der Waals surface area contributed by atoms with Gasteiger partial charge in [-0.15, -0.1) is 0 Å². The van der Waals surface area contributed by atoms with Crippen LogP contribution in [0.2, 0.25) is 5.02 Å². The minimum absolute atomic E-state index is 0.152. The van der Waals surface area contributed by atoms with Gasteiger partial charge in [0.1, 0.15) is 11.5 Å². The summed E-state index contributed by atoms with van der Waals surface area (Å²) in [6.07, 6.45) is 2.30. The van der Waals surface area contributed by atoms with Gasteiger partial charge in [0.15, 0.2) is 0 Å². The van der Waals surface area contributed by atoms with Crippen LogP contribution in [0.3, 0.4) is 0 Å². The number of ether oxygens (including phenoxy) is 2. The van der Waals surface area contributed by atoms with Crippen LogP contribution in [0, 0.1) is 11.2 Å². The van der Waals surface area contributed by atoms with Crippen molar-refractivity contribution in [3.63, 3.8) is 0 Å². The van der Waals surface area contributed by atoms with E-state index in [9.17, 15) is 9.18 Å². The minimum Gasteiger partial charge on any atom is -0.481 e. The maximum atomic E-state index is 14.6. The van der Waals surface area contributed by atoms with Gasteiger partial charge in [0.2, 0.25) is 5.88 Å². The van der Waals surface area contributed by atoms with Gasteiger partial charge >= 0.3 is 5.97 Å². The molecule has 0 unspecified atom stereocenters. The topological polar surface area (TPSA) is 53.4 Å². The number of esters is 1. The summed E-state index contributed by atoms with van der Waals surface area (Å²) in [5.74, 6) is -0.528. The van der Waals surface area contributed by atoms with Crippen LogP contribution in [0.5, 0.6) is 5.88 Å². The third-order valence-corrected chi connectivity index (χ3v) is 5.78. The zero-order chi connectivity index (χ0) is 28.0. The second-order valence-electron chi connectivity index (χ2n) is 10.5. The number of rotatable bonds is 7. The highest BCUT2D eigenvalue weighted by molar-refractivity contribution is 6.31. The lowest BCUT2D eigenvalue weighted by atomic mass is 10.0. The zero-order valence-electron chi connectivity index (χ0n) is 23.2. The van der Waals surface area contributed by atoms with E-state index in [-0.39, 0.29) is 19.0 Å². The van der Waals surface area contributed by atoms with Crippen LogP contribution < -0.4 is 4.74 Å². The number of nitrogens with zero attached hydrogens (tertiary/aromatic N) is 2. The van der Waals surface area contributed by atoms with E-state index in [1.165, 1.54) is 19.4 Å². The molecule has 2 aromatic carbocycles. The predicted octanol–water partition coefficient (Wildman–Crippen LogP) is 8.34. The van der Waals surface area contributed by atoms with E-state index >= 15 is 0 Å². The number of fused-ring (bicyclic) bond motifs is 1. The fraction of sp³-hybridized carbons (Fsp3) is 0.355. The molecule has 0 spiro atoms. The Morgan fingerprint density at radius 3 is 2.37 bits per heavy atom. The zero-order valence-corrected chi connectivity index (χ0v) is 23.9. The van der Waals surface area contributed by atoms with Gasteiger partial charge in [0.05, 0.1) is 25.3 Å². The number of methoxy groups -OCH3 is 1. The quantitative estimate of drug-likeness (QED) is 0.222. The highest BCUT2D eigenvalue weighted by Crippen LogP contribution is 2.41. The molecule has 2 aromatic heterocycles. The first-order chi connectivity index (χ1) is 18.0. The van der Waals surface area contributed by atoms with Gasteiger partial charge in [-0.3, -0.25) is 0 Å². The van der Waals surface area contributed by atoms with Crippen LogP contribution in [0.1, 0.15) is 63.2 Å². The Morgan fingerprint density at radius 1 is 1.08 bits per heavy atom. The van der Waals surface area contributed by atoms with Gasteiger partial charge in [-0.2, -0.15) is 0 Å². The molecule has 38 heavy (non-hydrogen) atoms. The molecule has 202 valence electrons. The van der Waals surface area contributed by atoms with Gasteiger partial charge in [-0.05, 0) is 48.6 Å². The predicted molar refractivity (Wildman–Crippen MR) is 153 cm³/mol. The number of benzene rings is 2. The van der Waals surface area contributed by atoms with Crippen LogP contribution in [-0.4, -0.2) is 29.2 Å². The van der Waals surface area contributed by atoms with E-state index in [0.717, 1.165) is 22.9 Å². The maximum Gasteiger partial charge on any atom is 0.355 e. The molecule has 0 aliphatic heterocycles. The number of hydrogen-bond acceptors (Lipinski definition) is 4. The van der Waals surface area contributed by atoms with Crippen LogP contribution >= 0.6 is 11.6 Å². The van der Waals surface area contributed by atoms with Crippen molar-refractivity contribution < 1.29 is 18.7 Å². The largest absolute Gasteiger partial charge is 0.481 e. The number of carbonyl (C=O) groups excluding carboxylic acids is 1. The van der Waals surface area contributed by atoms with Crippen molar-refractivity contribution in [2.45, 2.75) is 54.5 Å². The van der Waals surface area contributed by atoms with Gasteiger partial charge in [-0.25, -0.2) is 14.2 Å². The molecule has 0 amide bonds. The molecule has 2 heterocycles. The molecule has 5 nitrogen and oxygen atoms in total. The maximum absolute atomic E-state index is 14.6. The summed E-state index contributed by atoms with van der Waals surface area (Å²) in [5, 5.41) is 1.22. The first kappa shape index (κ1) is 29.2. The van der Waals surface area contributed by atoms with Crippen LogP contribution in [-0.2, 0) is 17.7 Å². The van der Waals surface area contributed by atoms with Crippen molar-refractivity contribution in [2.75, 3.05) is 13.7 Å². The Hall–Kier alpha value is -3.38. The summed E-state index contributed by atoms with van der Waals surface area (Å²) in [4.78, 5) is 17.6. The van der Waals surface area contributed by atoms with Crippen molar-refractivity contribution in [3.05, 3.63) is 82.4 Å². The lowest BCUT2D eigenvalue weighted by Crippen LogP contribution is -2.14. The minimum atomic E-state index is -0.514. The van der Waals surface area contributed by atoms with Gasteiger partial charge < -0.3 is 14.0 Å². The summed E-state index contributed by atoms with van der Waals surface area (Å²) in [5.41, 5.74) is 4.29. The summed E-state index contributed by atoms with van der Waals surface area (Å²) in [7, 11) is 1.51. The van der Waals surface area contributed by atoms with Crippen molar-refractivity contribution >= 4 is 28.5 Å². The molecule has 0 atom stereocenters. The van der Waals surface area contributed by atoms with Gasteiger partial charge in [-0.1, -0.05) is 70.5 Å². The molecule has 0 saturated heterocycles. The average Bonchev–Trinajstić information content (AvgIpc) is 3.17. The smallest absolute Gasteiger partial charge is 0.355 e. The lowest BCUT2D eigenvalue weighted by Gasteiger charge is -2.13. The molecule has 0 aliphatic rings. The Bertz CT molecular complexity index is 1420. The molecule has 0 bridgehead atoms. The molecule has 7 heteroatoms. The molecular weight excluding hydrogens is 503 g/mol. The van der Waals surface area contributed by atoms with E-state index in [0.29, 0.717) is 38.7 Å². The van der Waals surface area contributed by atoms with E-state index in [4.69, 9.17) is 21.1 Å². The van der Waals surface area contributed by atoms with E-state index in [1.54, 1.807) is 35.8 Å². The molecular formula is C31H36ClFN2O3. The summed E-state index contributed by atoms with van der Waals surface area (Å²) in [6.45, 7) is 12.9. The molecule has 4 aromatic rings. The van der Waals surface area contributed by atoms with Crippen LogP contribution in [0.25, 0.3) is 22.0 Å². The average molecular weight is 539 g/mol. The van der Waals surface area contributed by atoms with Gasteiger partial charge in [0, 0.05) is 33.8 Å². The lowest BCUT2D eigenvalue weighted by molar-refractivity contribution is 0.0516. The molecule has 0 N–H and O–H groups in total. The Balaban J connectivity index is 0.000000732. The first-order valence-corrected chi connectivity index (χ1v) is 13.1. The second kappa shape index (κ2) is 12.4. The third-order valence-electron chi connectivity index (χ3n) is 5.57. The van der Waals surface area contributed by atoms with Crippen molar-refractivity contribution in [1.29, 1.82) is 0 Å².